The van der Waals surface area contributed by atoms with Crippen molar-refractivity contribution in [3.05, 3.63) is 59.9 Å². The second-order valence-corrected chi connectivity index (χ2v) is 6.51. The highest BCUT2D eigenvalue weighted by atomic mass is 16.2. The molecule has 0 aliphatic carbocycles. The van der Waals surface area contributed by atoms with Crippen LogP contribution >= 0.6 is 0 Å². The number of rotatable bonds is 6. The Morgan fingerprint density at radius 1 is 1.15 bits per heavy atom. The van der Waals surface area contributed by atoms with Crippen LogP contribution in [0.5, 0.6) is 0 Å². The van der Waals surface area contributed by atoms with Gasteiger partial charge in [0.25, 0.3) is 5.91 Å². The first-order valence-corrected chi connectivity index (χ1v) is 8.86. The van der Waals surface area contributed by atoms with Crippen LogP contribution in [-0.2, 0) is 13.6 Å². The summed E-state index contributed by atoms with van der Waals surface area (Å²) in [4.78, 5) is 25.3. The maximum absolute atomic E-state index is 13.0. The molecule has 0 aliphatic heterocycles. The number of benzene rings is 1. The van der Waals surface area contributed by atoms with Gasteiger partial charge in [-0.2, -0.15) is 4.98 Å². The summed E-state index contributed by atoms with van der Waals surface area (Å²) >= 11 is 0. The van der Waals surface area contributed by atoms with E-state index in [9.17, 15) is 4.79 Å². The van der Waals surface area contributed by atoms with E-state index >= 15 is 0 Å². The van der Waals surface area contributed by atoms with Crippen molar-refractivity contribution < 1.29 is 4.79 Å². The maximum Gasteiger partial charge on any atom is 0.254 e. The van der Waals surface area contributed by atoms with E-state index in [4.69, 9.17) is 0 Å². The van der Waals surface area contributed by atoms with Crippen molar-refractivity contribution >= 4 is 11.9 Å². The standard InChI is InChI=1S/C20H24N6O/c1-5-26(14-15-9-11-21-12-10-15)19(27)17-8-6-7-16(13-17)18-22-20(24(2)3)25(4)23-18/h6-13H,5,14H2,1-4H3. The van der Waals surface area contributed by atoms with Gasteiger partial charge in [0, 0.05) is 57.8 Å². The lowest BCUT2D eigenvalue weighted by Gasteiger charge is -2.21. The van der Waals surface area contributed by atoms with Gasteiger partial charge in [0.2, 0.25) is 5.95 Å². The molecule has 0 bridgehead atoms. The zero-order valence-corrected chi connectivity index (χ0v) is 16.1. The molecule has 0 radical (unpaired) electrons. The minimum atomic E-state index is -0.0140. The van der Waals surface area contributed by atoms with Gasteiger partial charge in [0.15, 0.2) is 5.82 Å². The zero-order valence-electron chi connectivity index (χ0n) is 16.1. The van der Waals surface area contributed by atoms with Gasteiger partial charge in [0.1, 0.15) is 0 Å². The summed E-state index contributed by atoms with van der Waals surface area (Å²) in [5.41, 5.74) is 2.50. The third kappa shape index (κ3) is 4.13. The fraction of sp³-hybridized carbons (Fsp3) is 0.300. The van der Waals surface area contributed by atoms with Crippen LogP contribution in [0.1, 0.15) is 22.8 Å². The summed E-state index contributed by atoms with van der Waals surface area (Å²) < 4.78 is 1.73. The minimum Gasteiger partial charge on any atom is -0.347 e. The van der Waals surface area contributed by atoms with E-state index in [0.29, 0.717) is 24.5 Å². The SMILES string of the molecule is CCN(Cc1ccncc1)C(=O)c1cccc(-c2nc(N(C)C)n(C)n2)c1. The Morgan fingerprint density at radius 3 is 2.52 bits per heavy atom. The molecular weight excluding hydrogens is 340 g/mol. The largest absolute Gasteiger partial charge is 0.347 e. The van der Waals surface area contributed by atoms with E-state index in [-0.39, 0.29) is 5.91 Å². The molecule has 2 heterocycles. The van der Waals surface area contributed by atoms with E-state index < -0.39 is 0 Å². The molecule has 7 nitrogen and oxygen atoms in total. The van der Waals surface area contributed by atoms with E-state index in [0.717, 1.165) is 17.1 Å². The topological polar surface area (TPSA) is 67.2 Å². The molecule has 0 atom stereocenters. The fourth-order valence-corrected chi connectivity index (χ4v) is 2.90. The summed E-state index contributed by atoms with van der Waals surface area (Å²) in [6, 6.07) is 11.3. The zero-order chi connectivity index (χ0) is 19.4. The van der Waals surface area contributed by atoms with E-state index in [2.05, 4.69) is 15.1 Å². The van der Waals surface area contributed by atoms with Gasteiger partial charge in [-0.1, -0.05) is 12.1 Å². The third-order valence-corrected chi connectivity index (χ3v) is 4.30. The van der Waals surface area contributed by atoms with Gasteiger partial charge in [0.05, 0.1) is 0 Å². The average molecular weight is 364 g/mol. The number of pyridine rings is 1. The summed E-state index contributed by atoms with van der Waals surface area (Å²) in [7, 11) is 5.70. The highest BCUT2D eigenvalue weighted by Gasteiger charge is 2.17. The van der Waals surface area contributed by atoms with Crippen LogP contribution in [0.25, 0.3) is 11.4 Å². The van der Waals surface area contributed by atoms with Crippen molar-refractivity contribution in [3.8, 4) is 11.4 Å². The van der Waals surface area contributed by atoms with Crippen molar-refractivity contribution in [2.45, 2.75) is 13.5 Å². The second-order valence-electron chi connectivity index (χ2n) is 6.51. The highest BCUT2D eigenvalue weighted by Crippen LogP contribution is 2.21. The summed E-state index contributed by atoms with van der Waals surface area (Å²) in [5, 5.41) is 4.47. The molecule has 0 fully saturated rings. The van der Waals surface area contributed by atoms with Gasteiger partial charge in [-0.3, -0.25) is 9.78 Å². The van der Waals surface area contributed by atoms with Crippen LogP contribution in [0.2, 0.25) is 0 Å². The Bertz CT molecular complexity index is 919. The van der Waals surface area contributed by atoms with Crippen LogP contribution in [0.3, 0.4) is 0 Å². The lowest BCUT2D eigenvalue weighted by atomic mass is 10.1. The van der Waals surface area contributed by atoms with Crippen molar-refractivity contribution in [2.24, 2.45) is 7.05 Å². The first-order valence-electron chi connectivity index (χ1n) is 8.86. The number of carbonyl (C=O) groups is 1. The number of aromatic nitrogens is 4. The smallest absolute Gasteiger partial charge is 0.254 e. The first-order chi connectivity index (χ1) is 13.0. The van der Waals surface area contributed by atoms with Crippen molar-refractivity contribution in [1.82, 2.24) is 24.6 Å². The highest BCUT2D eigenvalue weighted by molar-refractivity contribution is 5.95. The quantitative estimate of drug-likeness (QED) is 0.673. The minimum absolute atomic E-state index is 0.0140. The molecule has 1 aromatic carbocycles. The predicted molar refractivity (Wildman–Crippen MR) is 105 cm³/mol. The molecule has 1 amide bonds. The van der Waals surface area contributed by atoms with Gasteiger partial charge in [-0.25, -0.2) is 4.68 Å². The van der Waals surface area contributed by atoms with Crippen molar-refractivity contribution in [2.75, 3.05) is 25.5 Å². The van der Waals surface area contributed by atoms with Crippen molar-refractivity contribution in [1.29, 1.82) is 0 Å². The molecular formula is C20H24N6O. The van der Waals surface area contributed by atoms with Crippen molar-refractivity contribution in [3.63, 3.8) is 0 Å². The second kappa shape index (κ2) is 7.99. The monoisotopic (exact) mass is 364 g/mol. The number of hydrogen-bond acceptors (Lipinski definition) is 5. The Labute approximate surface area is 159 Å². The van der Waals surface area contributed by atoms with Crippen LogP contribution in [-0.4, -0.2) is 51.2 Å². The number of hydrogen-bond donors (Lipinski definition) is 0. The molecule has 2 aromatic heterocycles. The van der Waals surface area contributed by atoms with Gasteiger partial charge in [-0.05, 0) is 36.8 Å². The molecule has 7 heteroatoms. The Hall–Kier alpha value is -3.22. The molecule has 140 valence electrons. The average Bonchev–Trinajstić information content (AvgIpc) is 3.08. The first kappa shape index (κ1) is 18.6. The summed E-state index contributed by atoms with van der Waals surface area (Å²) in [5.74, 6) is 1.35. The van der Waals surface area contributed by atoms with E-state index in [1.165, 1.54) is 0 Å². The summed E-state index contributed by atoms with van der Waals surface area (Å²) in [6.45, 7) is 3.15. The molecule has 0 spiro atoms. The van der Waals surface area contributed by atoms with Gasteiger partial charge < -0.3 is 9.80 Å². The number of nitrogens with zero attached hydrogens (tertiary/aromatic N) is 6. The molecule has 0 saturated carbocycles. The summed E-state index contributed by atoms with van der Waals surface area (Å²) in [6.07, 6.45) is 3.48. The molecule has 3 rings (SSSR count). The Balaban J connectivity index is 1.85. The number of anilines is 1. The van der Waals surface area contributed by atoms with Crippen LogP contribution in [0.15, 0.2) is 48.8 Å². The molecule has 0 N–H and O–H groups in total. The maximum atomic E-state index is 13.0. The van der Waals surface area contributed by atoms with Crippen LogP contribution in [0, 0.1) is 0 Å². The van der Waals surface area contributed by atoms with Gasteiger partial charge in [-0.15, -0.1) is 5.10 Å². The Morgan fingerprint density at radius 2 is 1.89 bits per heavy atom. The normalized spacial score (nSPS) is 10.7. The molecule has 0 saturated heterocycles. The van der Waals surface area contributed by atoms with E-state index in [1.54, 1.807) is 17.1 Å². The number of aryl methyl sites for hydroxylation is 1. The van der Waals surface area contributed by atoms with Crippen LogP contribution < -0.4 is 4.90 Å². The molecule has 0 aliphatic rings. The number of amides is 1. The molecule has 27 heavy (non-hydrogen) atoms. The van der Waals surface area contributed by atoms with E-state index in [1.807, 2.05) is 74.3 Å². The number of carbonyl (C=O) groups excluding carboxylic acids is 1. The lowest BCUT2D eigenvalue weighted by Crippen LogP contribution is -2.30. The Kier molecular flexibility index (Phi) is 5.49. The van der Waals surface area contributed by atoms with Crippen LogP contribution in [0.4, 0.5) is 5.95 Å². The lowest BCUT2D eigenvalue weighted by molar-refractivity contribution is 0.0752. The predicted octanol–water partition coefficient (Wildman–Crippen LogP) is 2.61. The third-order valence-electron chi connectivity index (χ3n) is 4.30. The molecule has 0 unspecified atom stereocenters. The van der Waals surface area contributed by atoms with Gasteiger partial charge >= 0.3 is 0 Å². The molecule has 3 aromatic rings. The fourth-order valence-electron chi connectivity index (χ4n) is 2.90.